The Hall–Kier alpha value is -1.35. The summed E-state index contributed by atoms with van der Waals surface area (Å²) in [7, 11) is 0. The zero-order valence-corrected chi connectivity index (χ0v) is 6.78. The van der Waals surface area contributed by atoms with Gasteiger partial charge in [0.25, 0.3) is 0 Å². The highest BCUT2D eigenvalue weighted by molar-refractivity contribution is 6.34. The highest BCUT2D eigenvalue weighted by Crippen LogP contribution is 2.22. The zero-order chi connectivity index (χ0) is 8.55. The Bertz CT molecular complexity index is 430. The van der Waals surface area contributed by atoms with Crippen LogP contribution in [0.25, 0.3) is 10.9 Å². The molecule has 1 aromatic carbocycles. The van der Waals surface area contributed by atoms with Gasteiger partial charge >= 0.3 is 0 Å². The van der Waals surface area contributed by atoms with Gasteiger partial charge in [0.1, 0.15) is 17.2 Å². The molecule has 1 N–H and O–H groups in total. The molecule has 0 saturated carbocycles. The molecule has 0 spiro atoms. The van der Waals surface area contributed by atoms with Crippen molar-refractivity contribution in [3.63, 3.8) is 0 Å². The first kappa shape index (κ1) is 7.31. The Morgan fingerprint density at radius 2 is 2.08 bits per heavy atom. The van der Waals surface area contributed by atoms with Crippen molar-refractivity contribution in [2.24, 2.45) is 0 Å². The highest BCUT2D eigenvalue weighted by Gasteiger charge is 2.00. The molecule has 0 aliphatic heterocycles. The lowest BCUT2D eigenvalue weighted by atomic mass is 10.2. The van der Waals surface area contributed by atoms with E-state index in [9.17, 15) is 0 Å². The van der Waals surface area contributed by atoms with Crippen molar-refractivity contribution in [3.05, 3.63) is 29.7 Å². The second-order valence-corrected chi connectivity index (χ2v) is 2.72. The van der Waals surface area contributed by atoms with Crippen molar-refractivity contribution < 1.29 is 5.11 Å². The van der Waals surface area contributed by atoms with Crippen LogP contribution in [0.3, 0.4) is 0 Å². The molecule has 3 nitrogen and oxygen atoms in total. The van der Waals surface area contributed by atoms with Crippen LogP contribution in [0.4, 0.5) is 0 Å². The van der Waals surface area contributed by atoms with E-state index in [-0.39, 0.29) is 5.75 Å². The van der Waals surface area contributed by atoms with Gasteiger partial charge in [-0.25, -0.2) is 9.97 Å². The molecular weight excluding hydrogens is 176 g/mol. The lowest BCUT2D eigenvalue weighted by Gasteiger charge is -1.97. The maximum Gasteiger partial charge on any atom is 0.140 e. The zero-order valence-electron chi connectivity index (χ0n) is 6.03. The van der Waals surface area contributed by atoms with Gasteiger partial charge in [0.15, 0.2) is 0 Å². The van der Waals surface area contributed by atoms with Crippen molar-refractivity contribution in [2.75, 3.05) is 0 Å². The molecule has 0 aliphatic carbocycles. The minimum Gasteiger partial charge on any atom is -0.508 e. The van der Waals surface area contributed by atoms with Gasteiger partial charge in [-0.1, -0.05) is 11.6 Å². The Morgan fingerprint density at radius 3 is 2.92 bits per heavy atom. The fourth-order valence-corrected chi connectivity index (χ4v) is 1.22. The van der Waals surface area contributed by atoms with Crippen LogP contribution in [0, 0.1) is 0 Å². The summed E-state index contributed by atoms with van der Waals surface area (Å²) in [4.78, 5) is 7.76. The number of hydrogen-bond donors (Lipinski definition) is 1. The van der Waals surface area contributed by atoms with Gasteiger partial charge in [0.05, 0.1) is 5.52 Å². The maximum absolute atomic E-state index is 9.12. The Labute approximate surface area is 73.6 Å². The van der Waals surface area contributed by atoms with E-state index in [2.05, 4.69) is 9.97 Å². The number of nitrogens with zero attached hydrogens (tertiary/aromatic N) is 2. The van der Waals surface area contributed by atoms with E-state index in [1.54, 1.807) is 18.2 Å². The van der Waals surface area contributed by atoms with Crippen LogP contribution >= 0.6 is 11.6 Å². The van der Waals surface area contributed by atoms with Crippen LogP contribution in [0.15, 0.2) is 24.5 Å². The van der Waals surface area contributed by atoms with Crippen LogP contribution in [0.1, 0.15) is 0 Å². The summed E-state index contributed by atoms with van der Waals surface area (Å²) in [5.41, 5.74) is 0.648. The summed E-state index contributed by atoms with van der Waals surface area (Å²) in [6.45, 7) is 0. The van der Waals surface area contributed by atoms with Crippen LogP contribution in [0.5, 0.6) is 5.75 Å². The van der Waals surface area contributed by atoms with Gasteiger partial charge in [-0.2, -0.15) is 0 Å². The largest absolute Gasteiger partial charge is 0.508 e. The average molecular weight is 181 g/mol. The molecule has 0 bridgehead atoms. The SMILES string of the molecule is Oc1ccc2c(Cl)ncnc2c1. The van der Waals surface area contributed by atoms with Crippen molar-refractivity contribution in [2.45, 2.75) is 0 Å². The first-order valence-electron chi connectivity index (χ1n) is 3.36. The van der Waals surface area contributed by atoms with Crippen molar-refractivity contribution in [1.29, 1.82) is 0 Å². The maximum atomic E-state index is 9.12. The molecule has 2 rings (SSSR count). The predicted octanol–water partition coefficient (Wildman–Crippen LogP) is 1.99. The smallest absolute Gasteiger partial charge is 0.140 e. The van der Waals surface area contributed by atoms with Gasteiger partial charge in [-0.05, 0) is 12.1 Å². The predicted molar refractivity (Wildman–Crippen MR) is 46.2 cm³/mol. The molecule has 2 aromatic rings. The molecule has 0 fully saturated rings. The van der Waals surface area contributed by atoms with E-state index in [1.165, 1.54) is 6.33 Å². The standard InChI is InChI=1S/C8H5ClN2O/c9-8-6-2-1-5(12)3-7(6)10-4-11-8/h1-4,12H. The van der Waals surface area contributed by atoms with Crippen LogP contribution in [0.2, 0.25) is 5.15 Å². The summed E-state index contributed by atoms with van der Waals surface area (Å²) in [6.07, 6.45) is 1.37. The molecule has 4 heteroatoms. The van der Waals surface area contributed by atoms with E-state index in [1.807, 2.05) is 0 Å². The number of rotatable bonds is 0. The summed E-state index contributed by atoms with van der Waals surface area (Å²) in [5.74, 6) is 0.178. The fraction of sp³-hybridized carbons (Fsp3) is 0. The van der Waals surface area contributed by atoms with Crippen molar-refractivity contribution in [3.8, 4) is 5.75 Å². The van der Waals surface area contributed by atoms with Gasteiger partial charge in [0, 0.05) is 11.5 Å². The third kappa shape index (κ3) is 1.08. The van der Waals surface area contributed by atoms with E-state index < -0.39 is 0 Å². The van der Waals surface area contributed by atoms with Crippen LogP contribution in [-0.2, 0) is 0 Å². The van der Waals surface area contributed by atoms with E-state index >= 15 is 0 Å². The minimum absolute atomic E-state index is 0.178. The van der Waals surface area contributed by atoms with E-state index in [0.717, 1.165) is 5.39 Å². The third-order valence-electron chi connectivity index (χ3n) is 1.57. The van der Waals surface area contributed by atoms with Gasteiger partial charge < -0.3 is 5.11 Å². The van der Waals surface area contributed by atoms with Gasteiger partial charge in [-0.3, -0.25) is 0 Å². The quantitative estimate of drug-likeness (QED) is 0.631. The summed E-state index contributed by atoms with van der Waals surface area (Å²) in [5, 5.41) is 10.3. The number of hydrogen-bond acceptors (Lipinski definition) is 3. The Balaban J connectivity index is 2.86. The van der Waals surface area contributed by atoms with Gasteiger partial charge in [0.2, 0.25) is 0 Å². The lowest BCUT2D eigenvalue weighted by molar-refractivity contribution is 0.476. The fourth-order valence-electron chi connectivity index (χ4n) is 1.01. The van der Waals surface area contributed by atoms with E-state index in [0.29, 0.717) is 10.7 Å². The second kappa shape index (κ2) is 2.60. The number of aromatic hydroxyl groups is 1. The third-order valence-corrected chi connectivity index (χ3v) is 1.87. The number of phenolic OH excluding ortho intramolecular Hbond substituents is 1. The number of halogens is 1. The summed E-state index contributed by atoms with van der Waals surface area (Å²) >= 11 is 5.78. The molecule has 0 saturated heterocycles. The first-order valence-corrected chi connectivity index (χ1v) is 3.74. The molecule has 60 valence electrons. The van der Waals surface area contributed by atoms with Crippen molar-refractivity contribution >= 4 is 22.5 Å². The molecule has 0 amide bonds. The van der Waals surface area contributed by atoms with Crippen LogP contribution in [-0.4, -0.2) is 15.1 Å². The number of phenols is 1. The molecule has 12 heavy (non-hydrogen) atoms. The molecule has 0 unspecified atom stereocenters. The molecular formula is C8H5ClN2O. The van der Waals surface area contributed by atoms with Crippen molar-refractivity contribution in [1.82, 2.24) is 9.97 Å². The molecule has 0 radical (unpaired) electrons. The Kier molecular flexibility index (Phi) is 1.59. The average Bonchev–Trinajstić information content (AvgIpc) is 2.04. The molecule has 1 heterocycles. The number of aromatic nitrogens is 2. The van der Waals surface area contributed by atoms with E-state index in [4.69, 9.17) is 16.7 Å². The lowest BCUT2D eigenvalue weighted by Crippen LogP contribution is -1.82. The van der Waals surface area contributed by atoms with Gasteiger partial charge in [-0.15, -0.1) is 0 Å². The molecule has 0 aliphatic rings. The number of fused-ring (bicyclic) bond motifs is 1. The normalized spacial score (nSPS) is 10.4. The molecule has 0 atom stereocenters. The Morgan fingerprint density at radius 1 is 1.25 bits per heavy atom. The topological polar surface area (TPSA) is 46.0 Å². The minimum atomic E-state index is 0.178. The number of benzene rings is 1. The highest BCUT2D eigenvalue weighted by atomic mass is 35.5. The first-order chi connectivity index (χ1) is 5.77. The monoisotopic (exact) mass is 180 g/mol. The molecule has 1 aromatic heterocycles. The summed E-state index contributed by atoms with van der Waals surface area (Å²) < 4.78 is 0. The van der Waals surface area contributed by atoms with Crippen LogP contribution < -0.4 is 0 Å². The summed E-state index contributed by atoms with van der Waals surface area (Å²) in [6, 6.07) is 4.79. The second-order valence-electron chi connectivity index (χ2n) is 2.37.